The maximum atomic E-state index is 4.74. The van der Waals surface area contributed by atoms with Crippen molar-refractivity contribution in [1.82, 2.24) is 4.98 Å². The third-order valence-corrected chi connectivity index (χ3v) is 4.36. The van der Waals surface area contributed by atoms with Crippen LogP contribution in [0.3, 0.4) is 0 Å². The number of para-hydroxylation sites is 1. The van der Waals surface area contributed by atoms with E-state index in [1.807, 2.05) is 37.4 Å². The summed E-state index contributed by atoms with van der Waals surface area (Å²) in [7, 11) is 1.92. The van der Waals surface area contributed by atoms with Gasteiger partial charge >= 0.3 is 0 Å². The molecular weight excluding hydrogens is 276 g/mol. The Morgan fingerprint density at radius 3 is 2.57 bits per heavy atom. The fourth-order valence-electron chi connectivity index (χ4n) is 2.21. The molecule has 104 valence electrons. The van der Waals surface area contributed by atoms with Crippen molar-refractivity contribution in [2.75, 3.05) is 12.4 Å². The molecule has 2 aromatic carbocycles. The number of nitrogens with zero attached hydrogens (tertiary/aromatic N) is 1. The van der Waals surface area contributed by atoms with E-state index >= 15 is 0 Å². The Kier molecular flexibility index (Phi) is 3.84. The number of hydrogen-bond donors (Lipinski definition) is 1. The molecule has 2 nitrogen and oxygen atoms in total. The molecule has 3 rings (SSSR count). The van der Waals surface area contributed by atoms with Crippen LogP contribution in [0.2, 0.25) is 0 Å². The van der Waals surface area contributed by atoms with E-state index in [4.69, 9.17) is 4.98 Å². The van der Waals surface area contributed by atoms with Gasteiger partial charge in [0.1, 0.15) is 5.01 Å². The number of aromatic nitrogens is 1. The van der Waals surface area contributed by atoms with Crippen molar-refractivity contribution in [3.63, 3.8) is 0 Å². The van der Waals surface area contributed by atoms with Crippen molar-refractivity contribution >= 4 is 32.8 Å². The lowest BCUT2D eigenvalue weighted by Gasteiger charge is -2.05. The Hall–Kier alpha value is -2.39. The average molecular weight is 292 g/mol. The highest BCUT2D eigenvalue weighted by atomic mass is 32.1. The fourth-order valence-corrected chi connectivity index (χ4v) is 3.23. The van der Waals surface area contributed by atoms with E-state index in [1.54, 1.807) is 11.3 Å². The van der Waals surface area contributed by atoms with Gasteiger partial charge in [-0.15, -0.1) is 11.3 Å². The molecule has 21 heavy (non-hydrogen) atoms. The predicted octanol–water partition coefficient (Wildman–Crippen LogP) is 4.96. The fraction of sp³-hybridized carbons (Fsp3) is 0.0556. The Labute approximate surface area is 128 Å². The Balaban J connectivity index is 2.08. The van der Waals surface area contributed by atoms with Crippen LogP contribution in [0.25, 0.3) is 15.8 Å². The van der Waals surface area contributed by atoms with Gasteiger partial charge in [0.15, 0.2) is 0 Å². The molecule has 0 unspecified atom stereocenters. The third kappa shape index (κ3) is 2.73. The minimum atomic E-state index is 1.02. The lowest BCUT2D eigenvalue weighted by molar-refractivity contribution is 1.42. The zero-order valence-electron chi connectivity index (χ0n) is 11.8. The van der Waals surface area contributed by atoms with Crippen LogP contribution in [-0.2, 0) is 0 Å². The van der Waals surface area contributed by atoms with Gasteiger partial charge < -0.3 is 5.32 Å². The molecule has 0 radical (unpaired) electrons. The van der Waals surface area contributed by atoms with Crippen molar-refractivity contribution in [3.05, 3.63) is 77.8 Å². The van der Waals surface area contributed by atoms with E-state index in [1.165, 1.54) is 4.70 Å². The predicted molar refractivity (Wildman–Crippen MR) is 92.9 cm³/mol. The number of nitrogens with one attached hydrogen (secondary N) is 1. The van der Waals surface area contributed by atoms with Gasteiger partial charge in [-0.25, -0.2) is 4.98 Å². The molecule has 1 N–H and O–H groups in total. The number of thiazole rings is 1. The van der Waals surface area contributed by atoms with Crippen LogP contribution in [0, 0.1) is 0 Å². The molecule has 0 atom stereocenters. The zero-order valence-corrected chi connectivity index (χ0v) is 12.7. The van der Waals surface area contributed by atoms with Crippen molar-refractivity contribution in [2.45, 2.75) is 0 Å². The summed E-state index contributed by atoms with van der Waals surface area (Å²) in [5.41, 5.74) is 4.39. The van der Waals surface area contributed by atoms with Gasteiger partial charge in [0.25, 0.3) is 0 Å². The summed E-state index contributed by atoms with van der Waals surface area (Å²) >= 11 is 1.71. The molecule has 1 aromatic heterocycles. The lowest BCUT2D eigenvalue weighted by atomic mass is 10.1. The second kappa shape index (κ2) is 5.94. The average Bonchev–Trinajstić information content (AvgIpc) is 2.96. The van der Waals surface area contributed by atoms with Crippen LogP contribution in [-0.4, -0.2) is 12.0 Å². The number of hydrogen-bond acceptors (Lipinski definition) is 3. The summed E-state index contributed by atoms with van der Waals surface area (Å²) in [6.07, 6.45) is 3.83. The molecular formula is C18H16N2S. The summed E-state index contributed by atoms with van der Waals surface area (Å²) in [6.45, 7) is 3.83. The molecule has 3 aromatic rings. The van der Waals surface area contributed by atoms with Gasteiger partial charge in [0, 0.05) is 18.3 Å². The number of rotatable bonds is 4. The summed E-state index contributed by atoms with van der Waals surface area (Å²) in [4.78, 5) is 4.74. The lowest BCUT2D eigenvalue weighted by Crippen LogP contribution is -1.90. The first kappa shape index (κ1) is 13.6. The second-order valence-electron chi connectivity index (χ2n) is 4.63. The van der Waals surface area contributed by atoms with Crippen LogP contribution in [0.4, 0.5) is 5.69 Å². The molecule has 0 fully saturated rings. The monoisotopic (exact) mass is 292 g/mol. The van der Waals surface area contributed by atoms with E-state index < -0.39 is 0 Å². The molecule has 0 saturated carbocycles. The molecule has 0 bridgehead atoms. The highest BCUT2D eigenvalue weighted by Crippen LogP contribution is 2.31. The molecule has 0 saturated heterocycles. The summed E-state index contributed by atoms with van der Waals surface area (Å²) in [5.74, 6) is 0. The molecule has 3 heteroatoms. The van der Waals surface area contributed by atoms with E-state index in [2.05, 4.69) is 42.2 Å². The van der Waals surface area contributed by atoms with Crippen LogP contribution < -0.4 is 5.32 Å². The van der Waals surface area contributed by atoms with Crippen LogP contribution >= 0.6 is 11.3 Å². The molecule has 0 aliphatic carbocycles. The standard InChI is InChI=1S/C18H16N2S/c1-3-6-15(13-9-11-14(19-2)12-10-13)18-20-16-7-4-5-8-17(16)21-18/h3-12,19H,1H2,2H3. The van der Waals surface area contributed by atoms with Gasteiger partial charge in [-0.3, -0.25) is 0 Å². The first-order chi connectivity index (χ1) is 10.3. The Morgan fingerprint density at radius 1 is 1.14 bits per heavy atom. The Bertz CT molecular complexity index is 764. The molecule has 0 spiro atoms. The summed E-state index contributed by atoms with van der Waals surface area (Å²) in [5, 5.41) is 4.16. The van der Waals surface area contributed by atoms with Crippen molar-refractivity contribution < 1.29 is 0 Å². The summed E-state index contributed by atoms with van der Waals surface area (Å²) < 4.78 is 1.20. The van der Waals surface area contributed by atoms with Gasteiger partial charge in [0.05, 0.1) is 10.2 Å². The quantitative estimate of drug-likeness (QED) is 0.688. The normalized spacial score (nSPS) is 11.6. The minimum Gasteiger partial charge on any atom is -0.388 e. The molecule has 0 aliphatic rings. The van der Waals surface area contributed by atoms with Crippen molar-refractivity contribution in [3.8, 4) is 0 Å². The van der Waals surface area contributed by atoms with Gasteiger partial charge in [-0.1, -0.05) is 43.0 Å². The summed E-state index contributed by atoms with van der Waals surface area (Å²) in [6, 6.07) is 16.6. The number of benzene rings is 2. The van der Waals surface area contributed by atoms with Crippen molar-refractivity contribution in [2.24, 2.45) is 0 Å². The SMILES string of the molecule is C=CC=C(c1ccc(NC)cc1)c1nc2ccccc2s1. The number of fused-ring (bicyclic) bond motifs is 1. The molecule has 0 aliphatic heterocycles. The maximum absolute atomic E-state index is 4.74. The van der Waals surface area contributed by atoms with Crippen molar-refractivity contribution in [1.29, 1.82) is 0 Å². The largest absolute Gasteiger partial charge is 0.388 e. The van der Waals surface area contributed by atoms with Crippen LogP contribution in [0.5, 0.6) is 0 Å². The third-order valence-electron chi connectivity index (χ3n) is 3.29. The number of anilines is 1. The van der Waals surface area contributed by atoms with E-state index in [9.17, 15) is 0 Å². The maximum Gasteiger partial charge on any atom is 0.125 e. The van der Waals surface area contributed by atoms with E-state index in [-0.39, 0.29) is 0 Å². The van der Waals surface area contributed by atoms with E-state index in [0.717, 1.165) is 27.3 Å². The first-order valence-corrected chi connectivity index (χ1v) is 7.60. The highest BCUT2D eigenvalue weighted by Gasteiger charge is 2.10. The first-order valence-electron chi connectivity index (χ1n) is 6.78. The molecule has 0 amide bonds. The zero-order chi connectivity index (χ0) is 14.7. The van der Waals surface area contributed by atoms with Gasteiger partial charge in [-0.2, -0.15) is 0 Å². The van der Waals surface area contributed by atoms with Gasteiger partial charge in [0.2, 0.25) is 0 Å². The highest BCUT2D eigenvalue weighted by molar-refractivity contribution is 7.19. The smallest absolute Gasteiger partial charge is 0.125 e. The van der Waals surface area contributed by atoms with Gasteiger partial charge in [-0.05, 0) is 29.8 Å². The Morgan fingerprint density at radius 2 is 1.90 bits per heavy atom. The number of allylic oxidation sites excluding steroid dienone is 2. The van der Waals surface area contributed by atoms with Crippen LogP contribution in [0.15, 0.2) is 67.3 Å². The van der Waals surface area contributed by atoms with Crippen LogP contribution in [0.1, 0.15) is 10.6 Å². The topological polar surface area (TPSA) is 24.9 Å². The minimum absolute atomic E-state index is 1.02. The second-order valence-corrected chi connectivity index (χ2v) is 5.66. The van der Waals surface area contributed by atoms with E-state index in [0.29, 0.717) is 0 Å². The molecule has 1 heterocycles.